The molecular formula is C27H28N2O6. The summed E-state index contributed by atoms with van der Waals surface area (Å²) in [5.74, 6) is 0.0654. The van der Waals surface area contributed by atoms with E-state index in [9.17, 15) is 14.4 Å². The summed E-state index contributed by atoms with van der Waals surface area (Å²) in [5.41, 5.74) is 1.49. The number of ether oxygens (including phenoxy) is 3. The topological polar surface area (TPSA) is 103 Å². The Labute approximate surface area is 204 Å². The van der Waals surface area contributed by atoms with Gasteiger partial charge in [0.1, 0.15) is 18.1 Å². The first-order valence-electron chi connectivity index (χ1n) is 11.2. The van der Waals surface area contributed by atoms with Gasteiger partial charge in [-0.3, -0.25) is 9.59 Å². The van der Waals surface area contributed by atoms with E-state index in [1.807, 2.05) is 54.6 Å². The monoisotopic (exact) mass is 476 g/mol. The van der Waals surface area contributed by atoms with E-state index >= 15 is 0 Å². The summed E-state index contributed by atoms with van der Waals surface area (Å²) in [6.45, 7) is 0.116. The van der Waals surface area contributed by atoms with Crippen molar-refractivity contribution < 1.29 is 28.6 Å². The molecule has 3 aromatic carbocycles. The third kappa shape index (κ3) is 8.51. The molecule has 35 heavy (non-hydrogen) atoms. The highest BCUT2D eigenvalue weighted by Gasteiger charge is 2.16. The predicted octanol–water partition coefficient (Wildman–Crippen LogP) is 3.62. The number of hydrogen-bond acceptors (Lipinski definition) is 6. The van der Waals surface area contributed by atoms with Crippen molar-refractivity contribution in [2.24, 2.45) is 0 Å². The molecule has 8 nitrogen and oxygen atoms in total. The summed E-state index contributed by atoms with van der Waals surface area (Å²) in [7, 11) is 1.60. The Morgan fingerprint density at radius 3 is 2.26 bits per heavy atom. The fourth-order valence-corrected chi connectivity index (χ4v) is 3.17. The smallest absolute Gasteiger partial charge is 0.340 e. The van der Waals surface area contributed by atoms with Crippen LogP contribution in [0.5, 0.6) is 11.5 Å². The number of amides is 2. The molecule has 0 unspecified atom stereocenters. The SMILES string of the molecule is COc1ccc(CCC(=O)Nc2ccccc2C(=O)OCC(=O)NCCOc2ccccc2)cc1. The number of carbonyl (C=O) groups excluding carboxylic acids is 3. The highest BCUT2D eigenvalue weighted by molar-refractivity contribution is 6.01. The molecule has 3 rings (SSSR count). The number of methoxy groups -OCH3 is 1. The van der Waals surface area contributed by atoms with Crippen molar-refractivity contribution in [3.05, 3.63) is 90.0 Å². The van der Waals surface area contributed by atoms with E-state index in [4.69, 9.17) is 14.2 Å². The van der Waals surface area contributed by atoms with Crippen molar-refractivity contribution in [1.82, 2.24) is 5.32 Å². The quantitative estimate of drug-likeness (QED) is 0.306. The molecule has 182 valence electrons. The molecule has 0 aliphatic rings. The van der Waals surface area contributed by atoms with Crippen LogP contribution in [0.25, 0.3) is 0 Å². The van der Waals surface area contributed by atoms with Crippen LogP contribution in [0.1, 0.15) is 22.3 Å². The zero-order valence-corrected chi connectivity index (χ0v) is 19.5. The number of rotatable bonds is 12. The Kier molecular flexibility index (Phi) is 9.68. The van der Waals surface area contributed by atoms with E-state index in [1.54, 1.807) is 25.3 Å². The minimum absolute atomic E-state index is 0.172. The van der Waals surface area contributed by atoms with Crippen molar-refractivity contribution in [3.63, 3.8) is 0 Å². The van der Waals surface area contributed by atoms with Crippen LogP contribution in [-0.2, 0) is 20.7 Å². The lowest BCUT2D eigenvalue weighted by Crippen LogP contribution is -2.32. The molecule has 3 aromatic rings. The molecule has 0 aromatic heterocycles. The second kappa shape index (κ2) is 13.4. The highest BCUT2D eigenvalue weighted by atomic mass is 16.5. The lowest BCUT2D eigenvalue weighted by molar-refractivity contribution is -0.124. The maximum Gasteiger partial charge on any atom is 0.340 e. The number of carbonyl (C=O) groups is 3. The Hall–Kier alpha value is -4.33. The normalized spacial score (nSPS) is 10.2. The molecule has 0 saturated carbocycles. The average Bonchev–Trinajstić information content (AvgIpc) is 2.90. The van der Waals surface area contributed by atoms with Gasteiger partial charge in [-0.15, -0.1) is 0 Å². The maximum atomic E-state index is 12.5. The Morgan fingerprint density at radius 1 is 0.800 bits per heavy atom. The van der Waals surface area contributed by atoms with E-state index in [1.165, 1.54) is 6.07 Å². The number of esters is 1. The molecule has 0 bridgehead atoms. The average molecular weight is 477 g/mol. The molecule has 0 fully saturated rings. The fraction of sp³-hybridized carbons (Fsp3) is 0.222. The van der Waals surface area contributed by atoms with Gasteiger partial charge in [0, 0.05) is 6.42 Å². The summed E-state index contributed by atoms with van der Waals surface area (Å²) in [6.07, 6.45) is 0.778. The van der Waals surface area contributed by atoms with Crippen LogP contribution in [0.2, 0.25) is 0 Å². The number of benzene rings is 3. The third-order valence-electron chi connectivity index (χ3n) is 4.99. The number of para-hydroxylation sites is 2. The van der Waals surface area contributed by atoms with Crippen molar-refractivity contribution in [2.45, 2.75) is 12.8 Å². The van der Waals surface area contributed by atoms with Crippen molar-refractivity contribution >= 4 is 23.5 Å². The van der Waals surface area contributed by atoms with Crippen molar-refractivity contribution in [3.8, 4) is 11.5 Å². The van der Waals surface area contributed by atoms with Gasteiger partial charge in [0.15, 0.2) is 6.61 Å². The second-order valence-electron chi connectivity index (χ2n) is 7.53. The lowest BCUT2D eigenvalue weighted by Gasteiger charge is -2.11. The predicted molar refractivity (Wildman–Crippen MR) is 132 cm³/mol. The van der Waals surface area contributed by atoms with Gasteiger partial charge in [-0.25, -0.2) is 4.79 Å². The molecule has 0 spiro atoms. The molecule has 0 saturated heterocycles. The van der Waals surface area contributed by atoms with Gasteiger partial charge in [0.05, 0.1) is 24.9 Å². The van der Waals surface area contributed by atoms with Gasteiger partial charge in [0.2, 0.25) is 5.91 Å². The maximum absolute atomic E-state index is 12.5. The van der Waals surface area contributed by atoms with E-state index in [-0.39, 0.29) is 31.0 Å². The summed E-state index contributed by atoms with van der Waals surface area (Å²) >= 11 is 0. The van der Waals surface area contributed by atoms with Crippen molar-refractivity contribution in [2.75, 3.05) is 32.2 Å². The van der Waals surface area contributed by atoms with Crippen molar-refractivity contribution in [1.29, 1.82) is 0 Å². The van der Waals surface area contributed by atoms with Gasteiger partial charge in [-0.1, -0.05) is 42.5 Å². The summed E-state index contributed by atoms with van der Waals surface area (Å²) in [5, 5.41) is 5.38. The van der Waals surface area contributed by atoms with Crippen LogP contribution < -0.4 is 20.1 Å². The third-order valence-corrected chi connectivity index (χ3v) is 4.99. The molecule has 0 aliphatic heterocycles. The fourth-order valence-electron chi connectivity index (χ4n) is 3.17. The van der Waals surface area contributed by atoms with Crippen LogP contribution in [0, 0.1) is 0 Å². The summed E-state index contributed by atoms with van der Waals surface area (Å²) < 4.78 is 15.7. The molecule has 0 aliphatic carbocycles. The van der Waals surface area contributed by atoms with Crippen LogP contribution >= 0.6 is 0 Å². The standard InChI is InChI=1S/C27H28N2O6/c1-33-21-14-11-20(12-15-21)13-16-25(30)29-24-10-6-5-9-23(24)27(32)35-19-26(31)28-17-18-34-22-7-3-2-4-8-22/h2-12,14-15H,13,16-19H2,1H3,(H,28,31)(H,29,30). The van der Waals surface area contributed by atoms with Gasteiger partial charge in [0.25, 0.3) is 5.91 Å². The van der Waals surface area contributed by atoms with Crippen LogP contribution in [0.4, 0.5) is 5.69 Å². The van der Waals surface area contributed by atoms with Gasteiger partial charge < -0.3 is 24.8 Å². The molecule has 0 radical (unpaired) electrons. The Morgan fingerprint density at radius 2 is 1.51 bits per heavy atom. The number of aryl methyl sites for hydroxylation is 1. The molecule has 2 N–H and O–H groups in total. The Balaban J connectivity index is 1.42. The molecule has 0 heterocycles. The van der Waals surface area contributed by atoms with Gasteiger partial charge >= 0.3 is 5.97 Å². The highest BCUT2D eigenvalue weighted by Crippen LogP contribution is 2.18. The Bertz CT molecular complexity index is 1120. The van der Waals surface area contributed by atoms with E-state index in [0.29, 0.717) is 17.9 Å². The molecule has 0 atom stereocenters. The molecule has 2 amide bonds. The number of hydrogen-bond donors (Lipinski definition) is 2. The minimum Gasteiger partial charge on any atom is -0.497 e. The lowest BCUT2D eigenvalue weighted by atomic mass is 10.1. The second-order valence-corrected chi connectivity index (χ2v) is 7.53. The van der Waals surface area contributed by atoms with Gasteiger partial charge in [-0.05, 0) is 48.4 Å². The first-order chi connectivity index (χ1) is 17.0. The van der Waals surface area contributed by atoms with E-state index < -0.39 is 18.5 Å². The molecule has 8 heteroatoms. The number of nitrogens with one attached hydrogen (secondary N) is 2. The zero-order chi connectivity index (χ0) is 24.9. The number of anilines is 1. The van der Waals surface area contributed by atoms with E-state index in [2.05, 4.69) is 10.6 Å². The summed E-state index contributed by atoms with van der Waals surface area (Å²) in [4.78, 5) is 36.9. The van der Waals surface area contributed by atoms with Crippen LogP contribution in [-0.4, -0.2) is 44.7 Å². The first-order valence-corrected chi connectivity index (χ1v) is 11.2. The zero-order valence-electron chi connectivity index (χ0n) is 19.5. The first kappa shape index (κ1) is 25.3. The molecular weight excluding hydrogens is 448 g/mol. The van der Waals surface area contributed by atoms with Gasteiger partial charge in [-0.2, -0.15) is 0 Å². The van der Waals surface area contributed by atoms with E-state index in [0.717, 1.165) is 11.3 Å². The van der Waals surface area contributed by atoms with Crippen LogP contribution in [0.15, 0.2) is 78.9 Å². The summed E-state index contributed by atoms with van der Waals surface area (Å²) in [6, 6.07) is 23.2. The largest absolute Gasteiger partial charge is 0.497 e. The van der Waals surface area contributed by atoms with Crippen LogP contribution in [0.3, 0.4) is 0 Å². The minimum atomic E-state index is -0.702.